The van der Waals surface area contributed by atoms with Gasteiger partial charge in [0, 0.05) is 48.9 Å². The zero-order valence-corrected chi connectivity index (χ0v) is 19.3. The second kappa shape index (κ2) is 10.4. The van der Waals surface area contributed by atoms with Crippen LogP contribution in [0.2, 0.25) is 0 Å². The average Bonchev–Trinajstić information content (AvgIpc) is 3.26. The lowest BCUT2D eigenvalue weighted by Crippen LogP contribution is -2.45. The number of alkyl halides is 3. The Balaban J connectivity index is 2.12. The smallest absolute Gasteiger partial charge is 0.439 e. The summed E-state index contributed by atoms with van der Waals surface area (Å²) in [4.78, 5) is 36.2. The van der Waals surface area contributed by atoms with Gasteiger partial charge in [-0.15, -0.1) is 11.8 Å². The van der Waals surface area contributed by atoms with Crippen LogP contribution in [0.5, 0.6) is 0 Å². The van der Waals surface area contributed by atoms with Crippen molar-refractivity contribution >= 4 is 34.6 Å². The molecule has 34 heavy (non-hydrogen) atoms. The molecule has 0 saturated heterocycles. The summed E-state index contributed by atoms with van der Waals surface area (Å²) in [6.07, 6.45) is -0.613. The van der Waals surface area contributed by atoms with Crippen molar-refractivity contribution in [2.45, 2.75) is 25.7 Å². The van der Waals surface area contributed by atoms with Crippen LogP contribution < -0.4 is 10.6 Å². The molecule has 2 N–H and O–H groups in total. The first-order valence-electron chi connectivity index (χ1n) is 10.2. The van der Waals surface area contributed by atoms with E-state index in [1.54, 1.807) is 13.8 Å². The molecule has 1 atom stereocenters. The number of thioether (sulfide) groups is 1. The highest BCUT2D eigenvalue weighted by molar-refractivity contribution is 8.14. The lowest BCUT2D eigenvalue weighted by Gasteiger charge is -2.25. The number of halogens is 3. The summed E-state index contributed by atoms with van der Waals surface area (Å²) in [5.41, 5.74) is -1.51. The van der Waals surface area contributed by atoms with Crippen LogP contribution >= 0.6 is 11.8 Å². The molecule has 2 aromatic rings. The number of ether oxygens (including phenoxy) is 2. The highest BCUT2D eigenvalue weighted by Crippen LogP contribution is 2.44. The summed E-state index contributed by atoms with van der Waals surface area (Å²) >= 11 is 0.856. The molecule has 0 fully saturated rings. The number of aromatic nitrogens is 2. The third-order valence-corrected chi connectivity index (χ3v) is 5.86. The summed E-state index contributed by atoms with van der Waals surface area (Å²) in [5.74, 6) is -0.974. The summed E-state index contributed by atoms with van der Waals surface area (Å²) in [5, 5.41) is 5.11. The molecular formula is C21H22F3N5O4S. The lowest BCUT2D eigenvalue weighted by molar-refractivity contribution is -0.255. The van der Waals surface area contributed by atoms with Gasteiger partial charge in [-0.05, 0) is 26.0 Å². The quantitative estimate of drug-likeness (QED) is 0.558. The maximum atomic E-state index is 13.7. The first-order chi connectivity index (χ1) is 16.1. The van der Waals surface area contributed by atoms with Gasteiger partial charge >= 0.3 is 18.2 Å². The number of pyridine rings is 2. The fraction of sp³-hybridized carbons (Fsp3) is 0.381. The molecular weight excluding hydrogens is 475 g/mol. The number of carbonyl (C=O) groups excluding carboxylic acids is 2. The number of anilines is 1. The molecule has 3 rings (SSSR count). The number of methoxy groups -OCH3 is 1. The molecule has 2 amide bonds. The van der Waals surface area contributed by atoms with Crippen molar-refractivity contribution < 1.29 is 32.2 Å². The zero-order chi connectivity index (χ0) is 24.9. The highest BCUT2D eigenvalue weighted by Gasteiger charge is 2.58. The van der Waals surface area contributed by atoms with Crippen molar-refractivity contribution in [2.75, 3.05) is 31.3 Å². The van der Waals surface area contributed by atoms with E-state index in [1.165, 1.54) is 30.7 Å². The lowest BCUT2D eigenvalue weighted by atomic mass is 10.0. The van der Waals surface area contributed by atoms with Crippen molar-refractivity contribution in [2.24, 2.45) is 4.99 Å². The Hall–Kier alpha value is -3.19. The number of hydrogen-bond donors (Lipinski definition) is 2. The predicted molar refractivity (Wildman–Crippen MR) is 121 cm³/mol. The van der Waals surface area contributed by atoms with Crippen LogP contribution in [0.15, 0.2) is 35.7 Å². The van der Waals surface area contributed by atoms with Crippen molar-refractivity contribution in [3.05, 3.63) is 41.9 Å². The minimum Gasteiger partial charge on any atom is -0.462 e. The summed E-state index contributed by atoms with van der Waals surface area (Å²) in [6, 6.07) is 2.38. The van der Waals surface area contributed by atoms with Gasteiger partial charge in [0.15, 0.2) is 0 Å². The standard InChI is InChI=1S/C21H22F3N5O4S/c1-4-26-19(31)28-16-7-14(17-29-20(32-3,11-34-17)21(22,23)24)15(10-27-16)12-6-13(9-25-8-12)18(30)33-5-2/h6-10H,4-5,11H2,1-3H3,(H2,26,27,28,31). The molecule has 0 spiro atoms. The maximum Gasteiger partial charge on any atom is 0.439 e. The minimum atomic E-state index is -4.74. The molecule has 0 bridgehead atoms. The number of amides is 2. The van der Waals surface area contributed by atoms with E-state index in [2.05, 4.69) is 25.6 Å². The van der Waals surface area contributed by atoms with Crippen LogP contribution in [0.4, 0.5) is 23.8 Å². The maximum absolute atomic E-state index is 13.7. The van der Waals surface area contributed by atoms with Gasteiger partial charge in [-0.25, -0.2) is 19.6 Å². The molecule has 13 heteroatoms. The van der Waals surface area contributed by atoms with Crippen LogP contribution in [-0.4, -0.2) is 64.9 Å². The molecule has 3 heterocycles. The molecule has 2 aromatic heterocycles. The van der Waals surface area contributed by atoms with E-state index >= 15 is 0 Å². The van der Waals surface area contributed by atoms with Gasteiger partial charge in [-0.2, -0.15) is 13.2 Å². The van der Waals surface area contributed by atoms with E-state index in [1.807, 2.05) is 0 Å². The molecule has 0 radical (unpaired) electrons. The number of esters is 1. The van der Waals surface area contributed by atoms with E-state index in [-0.39, 0.29) is 28.6 Å². The number of carbonyl (C=O) groups is 2. The Morgan fingerprint density at radius 1 is 1.18 bits per heavy atom. The molecule has 0 aromatic carbocycles. The van der Waals surface area contributed by atoms with Gasteiger partial charge in [0.2, 0.25) is 0 Å². The Kier molecular flexibility index (Phi) is 7.77. The van der Waals surface area contributed by atoms with Crippen LogP contribution in [0.1, 0.15) is 29.8 Å². The number of aliphatic imine (C=N–C) groups is 1. The molecule has 182 valence electrons. The molecule has 1 aliphatic rings. The van der Waals surface area contributed by atoms with Crippen molar-refractivity contribution in [3.8, 4) is 11.1 Å². The van der Waals surface area contributed by atoms with E-state index < -0.39 is 29.7 Å². The monoisotopic (exact) mass is 497 g/mol. The number of urea groups is 1. The Bertz CT molecular complexity index is 1110. The molecule has 9 nitrogen and oxygen atoms in total. The van der Waals surface area contributed by atoms with Gasteiger partial charge < -0.3 is 14.8 Å². The van der Waals surface area contributed by atoms with Gasteiger partial charge in [-0.3, -0.25) is 10.3 Å². The molecule has 1 aliphatic heterocycles. The van der Waals surface area contributed by atoms with Crippen molar-refractivity contribution in [1.82, 2.24) is 15.3 Å². The third kappa shape index (κ3) is 5.30. The average molecular weight is 497 g/mol. The largest absolute Gasteiger partial charge is 0.462 e. The third-order valence-electron chi connectivity index (χ3n) is 4.74. The fourth-order valence-electron chi connectivity index (χ4n) is 3.06. The van der Waals surface area contributed by atoms with Gasteiger partial charge in [0.25, 0.3) is 5.72 Å². The molecule has 1 unspecified atom stereocenters. The van der Waals surface area contributed by atoms with E-state index in [0.717, 1.165) is 18.9 Å². The normalized spacial score (nSPS) is 17.8. The Morgan fingerprint density at radius 2 is 1.94 bits per heavy atom. The Morgan fingerprint density at radius 3 is 2.56 bits per heavy atom. The van der Waals surface area contributed by atoms with E-state index in [0.29, 0.717) is 17.7 Å². The minimum absolute atomic E-state index is 0.0389. The number of rotatable bonds is 7. The topological polar surface area (TPSA) is 115 Å². The van der Waals surface area contributed by atoms with Crippen LogP contribution in [0.3, 0.4) is 0 Å². The van der Waals surface area contributed by atoms with Gasteiger partial charge in [-0.1, -0.05) is 0 Å². The van der Waals surface area contributed by atoms with Crippen molar-refractivity contribution in [1.29, 1.82) is 0 Å². The SMILES string of the molecule is CCNC(=O)Nc1cc(C2=NC(OC)(C(F)(F)F)CS2)c(-c2cncc(C(=O)OCC)c2)cn1. The van der Waals surface area contributed by atoms with Crippen LogP contribution in [-0.2, 0) is 9.47 Å². The summed E-state index contributed by atoms with van der Waals surface area (Å²) in [6.45, 7) is 3.93. The number of nitrogens with zero attached hydrogens (tertiary/aromatic N) is 3. The highest BCUT2D eigenvalue weighted by atomic mass is 32.2. The Labute approximate surface area is 197 Å². The van der Waals surface area contributed by atoms with Crippen LogP contribution in [0.25, 0.3) is 11.1 Å². The second-order valence-corrected chi connectivity index (χ2v) is 7.94. The van der Waals surface area contributed by atoms with Crippen molar-refractivity contribution in [3.63, 3.8) is 0 Å². The van der Waals surface area contributed by atoms with E-state index in [9.17, 15) is 22.8 Å². The first kappa shape index (κ1) is 25.4. The van der Waals surface area contributed by atoms with Gasteiger partial charge in [0.1, 0.15) is 10.9 Å². The zero-order valence-electron chi connectivity index (χ0n) is 18.5. The molecule has 0 saturated carbocycles. The second-order valence-electron chi connectivity index (χ2n) is 6.97. The number of hydrogen-bond acceptors (Lipinski definition) is 8. The summed E-state index contributed by atoms with van der Waals surface area (Å²) < 4.78 is 50.8. The summed E-state index contributed by atoms with van der Waals surface area (Å²) in [7, 11) is 0.947. The molecule has 0 aliphatic carbocycles. The number of nitrogens with one attached hydrogen (secondary N) is 2. The van der Waals surface area contributed by atoms with Crippen LogP contribution in [0, 0.1) is 0 Å². The van der Waals surface area contributed by atoms with Gasteiger partial charge in [0.05, 0.1) is 17.9 Å². The van der Waals surface area contributed by atoms with E-state index in [4.69, 9.17) is 9.47 Å². The fourth-order valence-corrected chi connectivity index (χ4v) is 4.28. The first-order valence-corrected chi connectivity index (χ1v) is 11.1. The predicted octanol–water partition coefficient (Wildman–Crippen LogP) is 3.86.